The number of nitrogens with zero attached hydrogens (tertiary/aromatic N) is 6. The number of aryl methyl sites for hydroxylation is 2. The van der Waals surface area contributed by atoms with Crippen LogP contribution in [0, 0.1) is 6.92 Å². The second-order valence-corrected chi connectivity index (χ2v) is 11.4. The summed E-state index contributed by atoms with van der Waals surface area (Å²) in [4.78, 5) is 4.01. The van der Waals surface area contributed by atoms with E-state index in [-0.39, 0.29) is 48.3 Å². The third-order valence-corrected chi connectivity index (χ3v) is 7.99. The van der Waals surface area contributed by atoms with Gasteiger partial charge in [-0.2, -0.15) is 44.3 Å². The standard InChI is InChI=1S/C31H29F9N6O/c1-18-11-23-25(9-6-10-45(26(23)15-24(18)31(38,39)40)17-27(47)20-7-4-3-5-8-20)46(28-41-43-44(2)42-28)16-19-12-21(29(32,33)34)14-22(13-19)30(35,36)37/h3-5,7-8,11-15,25,27,47H,6,9-10,16-17H2,1-2H3/t25-,27?/m0/s1. The highest BCUT2D eigenvalue weighted by molar-refractivity contribution is 5.62. The summed E-state index contributed by atoms with van der Waals surface area (Å²) in [5, 5.41) is 22.9. The SMILES string of the molecule is Cc1cc2c(cc1C(F)(F)F)N(CC(O)c1ccccc1)CCC[C@@H]2N(Cc1cc(C(F)(F)F)cc(C(F)(F)F)c1)c1nnn(C)n1. The second kappa shape index (κ2) is 12.7. The Morgan fingerprint density at radius 1 is 0.894 bits per heavy atom. The fourth-order valence-electron chi connectivity index (χ4n) is 5.84. The number of rotatable bonds is 7. The first-order valence-electron chi connectivity index (χ1n) is 14.4. The van der Waals surface area contributed by atoms with E-state index in [0.29, 0.717) is 29.7 Å². The van der Waals surface area contributed by atoms with E-state index in [9.17, 15) is 44.6 Å². The summed E-state index contributed by atoms with van der Waals surface area (Å²) in [6, 6.07) is 11.1. The number of fused-ring (bicyclic) bond motifs is 1. The number of alkyl halides is 9. The van der Waals surface area contributed by atoms with E-state index in [1.165, 1.54) is 24.9 Å². The van der Waals surface area contributed by atoms with Gasteiger partial charge in [0.1, 0.15) is 0 Å². The van der Waals surface area contributed by atoms with Crippen LogP contribution in [0.1, 0.15) is 63.9 Å². The maximum Gasteiger partial charge on any atom is 0.416 e. The van der Waals surface area contributed by atoms with E-state index < -0.39 is 53.9 Å². The van der Waals surface area contributed by atoms with Crippen LogP contribution in [0.15, 0.2) is 60.7 Å². The second-order valence-electron chi connectivity index (χ2n) is 11.4. The van der Waals surface area contributed by atoms with Gasteiger partial charge in [-0.1, -0.05) is 41.5 Å². The molecule has 0 spiro atoms. The average molecular weight is 673 g/mol. The number of anilines is 2. The van der Waals surface area contributed by atoms with Crippen molar-refractivity contribution >= 4 is 11.6 Å². The number of hydrogen-bond acceptors (Lipinski definition) is 6. The molecule has 1 N–H and O–H groups in total. The number of aliphatic hydroxyl groups is 1. The Labute approximate surface area is 263 Å². The molecule has 0 fully saturated rings. The minimum Gasteiger partial charge on any atom is -0.387 e. The van der Waals surface area contributed by atoms with Crippen LogP contribution in [0.3, 0.4) is 0 Å². The summed E-state index contributed by atoms with van der Waals surface area (Å²) < 4.78 is 125. The summed E-state index contributed by atoms with van der Waals surface area (Å²) in [6.07, 6.45) is -15.5. The fourth-order valence-corrected chi connectivity index (χ4v) is 5.84. The lowest BCUT2D eigenvalue weighted by molar-refractivity contribution is -0.143. The molecule has 47 heavy (non-hydrogen) atoms. The van der Waals surface area contributed by atoms with Gasteiger partial charge in [0.2, 0.25) is 0 Å². The smallest absolute Gasteiger partial charge is 0.387 e. The van der Waals surface area contributed by atoms with E-state index in [1.807, 2.05) is 0 Å². The third kappa shape index (κ3) is 7.63. The van der Waals surface area contributed by atoms with E-state index in [2.05, 4.69) is 15.4 Å². The molecular weight excluding hydrogens is 643 g/mol. The molecule has 0 aliphatic carbocycles. The molecule has 1 aromatic heterocycles. The van der Waals surface area contributed by atoms with Gasteiger partial charge in [0.15, 0.2) is 0 Å². The normalized spacial score (nSPS) is 16.5. The Kier molecular flexibility index (Phi) is 9.18. The Morgan fingerprint density at radius 3 is 2.09 bits per heavy atom. The van der Waals surface area contributed by atoms with E-state index in [1.54, 1.807) is 35.2 Å². The van der Waals surface area contributed by atoms with Crippen molar-refractivity contribution in [2.75, 3.05) is 22.9 Å². The van der Waals surface area contributed by atoms with Gasteiger partial charge < -0.3 is 14.9 Å². The Balaban J connectivity index is 1.65. The van der Waals surface area contributed by atoms with Crippen LogP contribution in [-0.4, -0.2) is 38.4 Å². The van der Waals surface area contributed by atoms with Crippen molar-refractivity contribution < 1.29 is 44.6 Å². The molecule has 4 aromatic rings. The molecule has 0 saturated heterocycles. The van der Waals surface area contributed by atoms with Gasteiger partial charge >= 0.3 is 18.5 Å². The van der Waals surface area contributed by atoms with Crippen molar-refractivity contribution in [3.05, 3.63) is 99.6 Å². The number of β-amino-alcohol motifs (C(OH)–C–C–N with tert-alkyl or cyclic N) is 1. The molecule has 2 atom stereocenters. The first kappa shape index (κ1) is 34.0. The van der Waals surface area contributed by atoms with Gasteiger partial charge in [-0.3, -0.25) is 0 Å². The van der Waals surface area contributed by atoms with Crippen LogP contribution < -0.4 is 9.80 Å². The highest BCUT2D eigenvalue weighted by Crippen LogP contribution is 2.44. The summed E-state index contributed by atoms with van der Waals surface area (Å²) in [5.74, 6) is -0.148. The van der Waals surface area contributed by atoms with Crippen LogP contribution >= 0.6 is 0 Å². The number of benzene rings is 3. The van der Waals surface area contributed by atoms with Crippen LogP contribution in [0.25, 0.3) is 0 Å². The van der Waals surface area contributed by atoms with Crippen molar-refractivity contribution in [3.8, 4) is 0 Å². The maximum atomic E-state index is 14.2. The Hall–Kier alpha value is -4.34. The molecule has 16 heteroatoms. The molecule has 0 bridgehead atoms. The van der Waals surface area contributed by atoms with Gasteiger partial charge in [0.25, 0.3) is 5.95 Å². The molecule has 5 rings (SSSR count). The van der Waals surface area contributed by atoms with Gasteiger partial charge in [-0.15, -0.1) is 5.10 Å². The van der Waals surface area contributed by atoms with Crippen LogP contribution in [0.2, 0.25) is 0 Å². The molecule has 1 aliphatic heterocycles. The summed E-state index contributed by atoms with van der Waals surface area (Å²) in [5.41, 5.74) is -3.51. The summed E-state index contributed by atoms with van der Waals surface area (Å²) in [6.45, 7) is 0.810. The molecule has 1 aliphatic rings. The van der Waals surface area contributed by atoms with E-state index in [0.717, 1.165) is 10.9 Å². The van der Waals surface area contributed by atoms with Crippen LogP contribution in [0.4, 0.5) is 51.1 Å². The molecule has 0 saturated carbocycles. The van der Waals surface area contributed by atoms with Crippen molar-refractivity contribution in [1.82, 2.24) is 20.2 Å². The lowest BCUT2D eigenvalue weighted by Crippen LogP contribution is -2.31. The van der Waals surface area contributed by atoms with Gasteiger partial charge in [0, 0.05) is 25.3 Å². The fraction of sp³-hybridized carbons (Fsp3) is 0.387. The topological polar surface area (TPSA) is 70.3 Å². The zero-order valence-electron chi connectivity index (χ0n) is 25.0. The average Bonchev–Trinajstić information content (AvgIpc) is 3.34. The van der Waals surface area contributed by atoms with Crippen molar-refractivity contribution in [2.24, 2.45) is 7.05 Å². The molecule has 7 nitrogen and oxygen atoms in total. The highest BCUT2D eigenvalue weighted by Gasteiger charge is 2.39. The lowest BCUT2D eigenvalue weighted by atomic mass is 9.94. The maximum absolute atomic E-state index is 14.2. The number of halogens is 9. The van der Waals surface area contributed by atoms with Crippen molar-refractivity contribution in [3.63, 3.8) is 0 Å². The Morgan fingerprint density at radius 2 is 1.53 bits per heavy atom. The lowest BCUT2D eigenvalue weighted by Gasteiger charge is -2.34. The molecule has 1 unspecified atom stereocenters. The number of hydrogen-bond donors (Lipinski definition) is 1. The van der Waals surface area contributed by atoms with Crippen molar-refractivity contribution in [1.29, 1.82) is 0 Å². The molecule has 3 aromatic carbocycles. The Bertz CT molecular complexity index is 1670. The largest absolute Gasteiger partial charge is 0.416 e. The number of aromatic nitrogens is 4. The molecular formula is C31H29F9N6O. The zero-order chi connectivity index (χ0) is 34.3. The predicted molar refractivity (Wildman–Crippen MR) is 153 cm³/mol. The quantitative estimate of drug-likeness (QED) is 0.204. The van der Waals surface area contributed by atoms with Gasteiger partial charge in [-0.05, 0) is 71.5 Å². The number of tetrazole rings is 1. The monoisotopic (exact) mass is 672 g/mol. The van der Waals surface area contributed by atoms with E-state index in [4.69, 9.17) is 0 Å². The zero-order valence-corrected chi connectivity index (χ0v) is 25.0. The molecule has 2 heterocycles. The molecule has 0 amide bonds. The minimum absolute atomic E-state index is 0.0211. The van der Waals surface area contributed by atoms with Crippen LogP contribution in [-0.2, 0) is 32.1 Å². The molecule has 252 valence electrons. The van der Waals surface area contributed by atoms with Crippen LogP contribution in [0.5, 0.6) is 0 Å². The molecule has 0 radical (unpaired) electrons. The summed E-state index contributed by atoms with van der Waals surface area (Å²) >= 11 is 0. The first-order chi connectivity index (χ1) is 21.9. The van der Waals surface area contributed by atoms with Gasteiger partial charge in [-0.25, -0.2) is 0 Å². The third-order valence-electron chi connectivity index (χ3n) is 7.99. The minimum atomic E-state index is -5.09. The predicted octanol–water partition coefficient (Wildman–Crippen LogP) is 7.66. The highest BCUT2D eigenvalue weighted by atomic mass is 19.4. The van der Waals surface area contributed by atoms with E-state index >= 15 is 0 Å². The van der Waals surface area contributed by atoms with Gasteiger partial charge in [0.05, 0.1) is 35.9 Å². The summed E-state index contributed by atoms with van der Waals surface area (Å²) in [7, 11) is 1.41. The first-order valence-corrected chi connectivity index (χ1v) is 14.4. The van der Waals surface area contributed by atoms with Crippen molar-refractivity contribution in [2.45, 2.75) is 57.0 Å². The number of aliphatic hydroxyl groups excluding tert-OH is 1.